The van der Waals surface area contributed by atoms with Crippen LogP contribution in [0.25, 0.3) is 0 Å². The summed E-state index contributed by atoms with van der Waals surface area (Å²) in [6.45, 7) is 6.36. The highest BCUT2D eigenvalue weighted by Crippen LogP contribution is 2.25. The Kier molecular flexibility index (Phi) is 7.30. The zero-order chi connectivity index (χ0) is 18.2. The van der Waals surface area contributed by atoms with Crippen LogP contribution in [0.5, 0.6) is 0 Å². The first-order valence-electron chi connectivity index (χ1n) is 10.4. The Morgan fingerprint density at radius 1 is 1.12 bits per heavy atom. The van der Waals surface area contributed by atoms with Crippen LogP contribution in [0.15, 0.2) is 24.4 Å². The Hall–Kier alpha value is -1.62. The van der Waals surface area contributed by atoms with E-state index in [1.165, 1.54) is 25.7 Å². The lowest BCUT2D eigenvalue weighted by Gasteiger charge is -2.35. The van der Waals surface area contributed by atoms with Gasteiger partial charge in [0.25, 0.3) is 0 Å². The molecular weight excluding hydrogens is 324 g/mol. The molecule has 0 bridgehead atoms. The molecule has 1 saturated heterocycles. The molecule has 2 heterocycles. The number of hydrogen-bond acceptors (Lipinski definition) is 4. The normalized spacial score (nSPS) is 19.5. The number of unbranched alkanes of at least 4 members (excludes halogenated alkanes) is 1. The molecule has 5 heteroatoms. The van der Waals surface area contributed by atoms with Crippen molar-refractivity contribution in [3.63, 3.8) is 0 Å². The molecule has 2 aliphatic rings. The van der Waals surface area contributed by atoms with Crippen molar-refractivity contribution in [3.8, 4) is 0 Å². The van der Waals surface area contributed by atoms with Crippen LogP contribution in [-0.2, 0) is 4.79 Å². The molecule has 0 N–H and O–H groups in total. The molecule has 1 saturated carbocycles. The molecule has 144 valence electrons. The monoisotopic (exact) mass is 358 g/mol. The van der Waals surface area contributed by atoms with Gasteiger partial charge in [-0.15, -0.1) is 0 Å². The second kappa shape index (κ2) is 9.91. The summed E-state index contributed by atoms with van der Waals surface area (Å²) >= 11 is 0. The minimum Gasteiger partial charge on any atom is -0.354 e. The Morgan fingerprint density at radius 2 is 1.88 bits per heavy atom. The number of aromatic nitrogens is 1. The van der Waals surface area contributed by atoms with Crippen molar-refractivity contribution in [1.29, 1.82) is 0 Å². The molecule has 1 aliphatic heterocycles. The van der Waals surface area contributed by atoms with Crippen molar-refractivity contribution < 1.29 is 4.79 Å². The zero-order valence-electron chi connectivity index (χ0n) is 16.3. The van der Waals surface area contributed by atoms with E-state index in [4.69, 9.17) is 0 Å². The van der Waals surface area contributed by atoms with Gasteiger partial charge in [-0.3, -0.25) is 9.69 Å². The highest BCUT2D eigenvalue weighted by Gasteiger charge is 2.23. The maximum absolute atomic E-state index is 12.5. The van der Waals surface area contributed by atoms with Gasteiger partial charge in [0.1, 0.15) is 5.82 Å². The highest BCUT2D eigenvalue weighted by molar-refractivity contribution is 5.78. The Bertz CT molecular complexity index is 536. The predicted octanol–water partition coefficient (Wildman–Crippen LogP) is 3.02. The van der Waals surface area contributed by atoms with Crippen molar-refractivity contribution in [2.45, 2.75) is 44.9 Å². The molecule has 1 aromatic rings. The molecule has 1 aromatic heterocycles. The molecule has 3 rings (SSSR count). The van der Waals surface area contributed by atoms with Gasteiger partial charge in [0.2, 0.25) is 5.91 Å². The van der Waals surface area contributed by atoms with Crippen molar-refractivity contribution in [3.05, 3.63) is 24.4 Å². The first-order valence-corrected chi connectivity index (χ1v) is 10.4. The summed E-state index contributed by atoms with van der Waals surface area (Å²) in [5.41, 5.74) is 0. The standard InChI is InChI=1S/C21H34N4O/c1-23(21(26)19-9-3-2-4-10-19)13-7-8-14-24-15-17-25(18-16-24)20-11-5-6-12-22-20/h5-6,11-12,19H,2-4,7-10,13-18H2,1H3. The zero-order valence-corrected chi connectivity index (χ0v) is 16.3. The number of carbonyl (C=O) groups excluding carboxylic acids is 1. The van der Waals surface area contributed by atoms with E-state index in [1.807, 2.05) is 24.2 Å². The lowest BCUT2D eigenvalue weighted by atomic mass is 9.88. The van der Waals surface area contributed by atoms with Crippen LogP contribution in [0, 0.1) is 5.92 Å². The fourth-order valence-corrected chi connectivity index (χ4v) is 4.20. The topological polar surface area (TPSA) is 39.7 Å². The smallest absolute Gasteiger partial charge is 0.225 e. The number of pyridine rings is 1. The third kappa shape index (κ3) is 5.44. The fraction of sp³-hybridized carbons (Fsp3) is 0.714. The fourth-order valence-electron chi connectivity index (χ4n) is 4.20. The van der Waals surface area contributed by atoms with Crippen LogP contribution < -0.4 is 4.90 Å². The van der Waals surface area contributed by atoms with Crippen molar-refractivity contribution >= 4 is 11.7 Å². The number of amides is 1. The molecule has 0 aromatic carbocycles. The van der Waals surface area contributed by atoms with Crippen LogP contribution in [-0.4, -0.2) is 67.0 Å². The van der Waals surface area contributed by atoms with Crippen LogP contribution in [0.4, 0.5) is 5.82 Å². The molecule has 5 nitrogen and oxygen atoms in total. The second-order valence-electron chi connectivity index (χ2n) is 7.82. The second-order valence-corrected chi connectivity index (χ2v) is 7.82. The van der Waals surface area contributed by atoms with E-state index in [0.29, 0.717) is 11.8 Å². The Balaban J connectivity index is 1.29. The van der Waals surface area contributed by atoms with Gasteiger partial charge in [0, 0.05) is 51.9 Å². The maximum Gasteiger partial charge on any atom is 0.225 e. The summed E-state index contributed by atoms with van der Waals surface area (Å²) in [6.07, 6.45) is 10.1. The van der Waals surface area contributed by atoms with E-state index in [1.54, 1.807) is 0 Å². The number of nitrogens with zero attached hydrogens (tertiary/aromatic N) is 4. The summed E-state index contributed by atoms with van der Waals surface area (Å²) in [5.74, 6) is 1.78. The van der Waals surface area contributed by atoms with E-state index in [2.05, 4.69) is 26.9 Å². The maximum atomic E-state index is 12.5. The van der Waals surface area contributed by atoms with E-state index in [-0.39, 0.29) is 0 Å². The van der Waals surface area contributed by atoms with E-state index >= 15 is 0 Å². The third-order valence-electron chi connectivity index (χ3n) is 5.89. The molecule has 2 fully saturated rings. The van der Waals surface area contributed by atoms with E-state index < -0.39 is 0 Å². The van der Waals surface area contributed by atoms with E-state index in [9.17, 15) is 4.79 Å². The molecular formula is C21H34N4O. The van der Waals surface area contributed by atoms with Crippen LogP contribution >= 0.6 is 0 Å². The largest absolute Gasteiger partial charge is 0.354 e. The SMILES string of the molecule is CN(CCCCN1CCN(c2ccccn2)CC1)C(=O)C1CCCCC1. The van der Waals surface area contributed by atoms with Crippen LogP contribution in [0.3, 0.4) is 0 Å². The highest BCUT2D eigenvalue weighted by atomic mass is 16.2. The average Bonchev–Trinajstić information content (AvgIpc) is 2.72. The number of anilines is 1. The number of rotatable bonds is 7. The van der Waals surface area contributed by atoms with Gasteiger partial charge in [0.15, 0.2) is 0 Å². The predicted molar refractivity (Wildman–Crippen MR) is 106 cm³/mol. The van der Waals surface area contributed by atoms with Gasteiger partial charge in [-0.1, -0.05) is 25.3 Å². The van der Waals surface area contributed by atoms with Gasteiger partial charge in [-0.2, -0.15) is 0 Å². The van der Waals surface area contributed by atoms with Crippen molar-refractivity contribution in [2.24, 2.45) is 5.92 Å². The Labute approximate surface area is 158 Å². The minimum atomic E-state index is 0.299. The van der Waals surface area contributed by atoms with Crippen molar-refractivity contribution in [1.82, 2.24) is 14.8 Å². The molecule has 0 radical (unpaired) electrons. The number of carbonyl (C=O) groups is 1. The third-order valence-corrected chi connectivity index (χ3v) is 5.89. The van der Waals surface area contributed by atoms with Crippen molar-refractivity contribution in [2.75, 3.05) is 51.2 Å². The molecule has 0 spiro atoms. The first kappa shape index (κ1) is 19.2. The molecule has 0 unspecified atom stereocenters. The molecule has 0 atom stereocenters. The lowest BCUT2D eigenvalue weighted by Crippen LogP contribution is -2.47. The number of piperazine rings is 1. The Morgan fingerprint density at radius 3 is 2.58 bits per heavy atom. The summed E-state index contributed by atoms with van der Waals surface area (Å²) < 4.78 is 0. The summed E-state index contributed by atoms with van der Waals surface area (Å²) in [5, 5.41) is 0. The summed E-state index contributed by atoms with van der Waals surface area (Å²) in [6, 6.07) is 6.12. The lowest BCUT2D eigenvalue weighted by molar-refractivity contribution is -0.135. The quantitative estimate of drug-likeness (QED) is 0.703. The summed E-state index contributed by atoms with van der Waals surface area (Å²) in [4.78, 5) is 23.8. The van der Waals surface area contributed by atoms with Gasteiger partial charge >= 0.3 is 0 Å². The molecule has 1 aliphatic carbocycles. The summed E-state index contributed by atoms with van der Waals surface area (Å²) in [7, 11) is 1.99. The average molecular weight is 359 g/mol. The minimum absolute atomic E-state index is 0.299. The molecule has 26 heavy (non-hydrogen) atoms. The van der Waals surface area contributed by atoms with Gasteiger partial charge in [0.05, 0.1) is 0 Å². The van der Waals surface area contributed by atoms with Crippen LogP contribution in [0.1, 0.15) is 44.9 Å². The van der Waals surface area contributed by atoms with Gasteiger partial charge < -0.3 is 9.80 Å². The van der Waals surface area contributed by atoms with E-state index in [0.717, 1.165) is 64.3 Å². The molecule has 1 amide bonds. The number of hydrogen-bond donors (Lipinski definition) is 0. The van der Waals surface area contributed by atoms with Crippen LogP contribution in [0.2, 0.25) is 0 Å². The van der Waals surface area contributed by atoms with Gasteiger partial charge in [-0.05, 0) is 44.4 Å². The van der Waals surface area contributed by atoms with Gasteiger partial charge in [-0.25, -0.2) is 4.98 Å². The first-order chi connectivity index (χ1) is 12.7.